The molecule has 2 aromatic rings. The maximum atomic E-state index is 11.8. The molecule has 0 spiro atoms. The fraction of sp³-hybridized carbons (Fsp3) is 0.524. The lowest BCUT2D eigenvalue weighted by Crippen LogP contribution is -2.26. The number of hydrogen-bond acceptors (Lipinski definition) is 6. The number of aliphatic hydroxyl groups excluding tert-OH is 1. The fourth-order valence-electron chi connectivity index (χ4n) is 3.23. The summed E-state index contributed by atoms with van der Waals surface area (Å²) in [4.78, 5) is 11.8. The number of aryl methyl sites for hydroxylation is 1. The quantitative estimate of drug-likeness (QED) is 0.496. The highest BCUT2D eigenvalue weighted by Crippen LogP contribution is 2.42. The zero-order valence-corrected chi connectivity index (χ0v) is 18.0. The first-order chi connectivity index (χ1) is 13.2. The van der Waals surface area contributed by atoms with Gasteiger partial charge in [-0.3, -0.25) is 4.68 Å². The molecule has 7 nitrogen and oxygen atoms in total. The molecule has 4 N–H and O–H groups in total. The number of aromatic nitrogens is 2. The van der Waals surface area contributed by atoms with Crippen LogP contribution in [0.5, 0.6) is 0 Å². The number of hydrogen-bond donors (Lipinski definition) is 3. The van der Waals surface area contributed by atoms with Crippen LogP contribution in [0.4, 0.5) is 11.4 Å². The van der Waals surface area contributed by atoms with E-state index in [1.165, 1.54) is 0 Å². The van der Waals surface area contributed by atoms with E-state index in [4.69, 9.17) is 5.73 Å². The average molecular weight is 391 g/mol. The minimum atomic E-state index is -0.669. The predicted molar refractivity (Wildman–Crippen MR) is 114 cm³/mol. The zero-order valence-electron chi connectivity index (χ0n) is 18.0. The summed E-state index contributed by atoms with van der Waals surface area (Å²) in [7, 11) is 5.04. The third-order valence-electron chi connectivity index (χ3n) is 4.74. The molecule has 1 atom stereocenters. The van der Waals surface area contributed by atoms with Gasteiger partial charge in [-0.25, -0.2) is 0 Å². The maximum Gasteiger partial charge on any atom is 0.126 e. The Bertz CT molecular complexity index is 784. The first-order valence-corrected chi connectivity index (χ1v) is 9.31. The summed E-state index contributed by atoms with van der Waals surface area (Å²) in [6.07, 6.45) is 0.957. The van der Waals surface area contributed by atoms with Gasteiger partial charge < -0.3 is 25.7 Å². The number of benzene rings is 1. The smallest absolute Gasteiger partial charge is 0.126 e. The monoisotopic (exact) mass is 390 g/mol. The van der Waals surface area contributed by atoms with Gasteiger partial charge in [-0.2, -0.15) is 5.10 Å². The molecule has 0 radical (unpaired) electrons. The van der Waals surface area contributed by atoms with E-state index in [1.54, 1.807) is 25.9 Å². The fourth-order valence-corrected chi connectivity index (χ4v) is 3.23. The lowest BCUT2D eigenvalue weighted by molar-refractivity contribution is -0.115. The molecule has 0 saturated carbocycles. The standard InChI is InChI=1S/C19H28N4O2.C2H6O/c1-6-21-15-8-7-14(12(2)18(15)20)17(19(3,4)11-25)16-9-13(10-24)23(5)22-16;1-3-2/h7-9,11,17,21,24H,6,10,20H2,1-5H3;1-2H3/t17-;/m0./s1. The SMILES string of the molecule is CCNc1ccc([C@@H](c2cc(CO)n(C)n2)C(C)(C)C=O)c(C)c1N.COC. The molecule has 0 aliphatic carbocycles. The number of aliphatic hydroxyl groups is 1. The number of anilines is 2. The maximum absolute atomic E-state index is 11.8. The van der Waals surface area contributed by atoms with E-state index in [1.807, 2.05) is 45.9 Å². The van der Waals surface area contributed by atoms with Crippen LogP contribution in [0.2, 0.25) is 0 Å². The van der Waals surface area contributed by atoms with Crippen molar-refractivity contribution < 1.29 is 14.6 Å². The Morgan fingerprint density at radius 3 is 2.46 bits per heavy atom. The molecule has 0 aliphatic rings. The van der Waals surface area contributed by atoms with Gasteiger partial charge in [-0.1, -0.05) is 19.9 Å². The summed E-state index contributed by atoms with van der Waals surface area (Å²) < 4.78 is 5.90. The highest BCUT2D eigenvalue weighted by atomic mass is 16.4. The van der Waals surface area contributed by atoms with Crippen molar-refractivity contribution in [1.29, 1.82) is 0 Å². The summed E-state index contributed by atoms with van der Waals surface area (Å²) >= 11 is 0. The molecule has 1 aromatic carbocycles. The van der Waals surface area contributed by atoms with Crippen molar-refractivity contribution in [3.63, 3.8) is 0 Å². The Morgan fingerprint density at radius 1 is 1.39 bits per heavy atom. The molecule has 1 heterocycles. The van der Waals surface area contributed by atoms with Crippen molar-refractivity contribution in [3.8, 4) is 0 Å². The zero-order chi connectivity index (χ0) is 21.5. The molecule has 28 heavy (non-hydrogen) atoms. The molecule has 0 bridgehead atoms. The first kappa shape index (κ1) is 23.7. The Labute approximate surface area is 167 Å². The van der Waals surface area contributed by atoms with Crippen molar-refractivity contribution in [1.82, 2.24) is 9.78 Å². The van der Waals surface area contributed by atoms with Crippen molar-refractivity contribution in [2.75, 3.05) is 31.8 Å². The Morgan fingerprint density at radius 2 is 2.00 bits per heavy atom. The van der Waals surface area contributed by atoms with Gasteiger partial charge in [0, 0.05) is 39.1 Å². The van der Waals surface area contributed by atoms with Gasteiger partial charge in [-0.15, -0.1) is 0 Å². The van der Waals surface area contributed by atoms with Crippen molar-refractivity contribution in [2.45, 2.75) is 40.2 Å². The number of nitrogens with one attached hydrogen (secondary N) is 1. The number of ether oxygens (including phenoxy) is 1. The Balaban J connectivity index is 0.00000122. The normalized spacial score (nSPS) is 12.1. The first-order valence-electron chi connectivity index (χ1n) is 9.31. The number of nitrogens with zero attached hydrogens (tertiary/aromatic N) is 2. The molecule has 0 saturated heterocycles. The number of aldehydes is 1. The van der Waals surface area contributed by atoms with Crippen LogP contribution in [0.1, 0.15) is 49.2 Å². The van der Waals surface area contributed by atoms with E-state index in [9.17, 15) is 9.90 Å². The summed E-state index contributed by atoms with van der Waals surface area (Å²) in [5.41, 5.74) is 10.6. The molecule has 156 valence electrons. The van der Waals surface area contributed by atoms with Crippen LogP contribution in [-0.4, -0.2) is 41.9 Å². The molecule has 2 rings (SSSR count). The second-order valence-electron chi connectivity index (χ2n) is 7.39. The van der Waals surface area contributed by atoms with E-state index in [-0.39, 0.29) is 12.5 Å². The number of rotatable bonds is 7. The van der Waals surface area contributed by atoms with Crippen molar-refractivity contribution >= 4 is 17.7 Å². The minimum absolute atomic E-state index is 0.0990. The largest absolute Gasteiger partial charge is 0.397 e. The number of methoxy groups -OCH3 is 1. The molecular formula is C21H34N4O3. The summed E-state index contributed by atoms with van der Waals surface area (Å²) in [6, 6.07) is 5.81. The number of nitrogen functional groups attached to an aromatic ring is 1. The highest BCUT2D eigenvalue weighted by Gasteiger charge is 2.35. The number of nitrogens with two attached hydrogens (primary N) is 1. The second-order valence-corrected chi connectivity index (χ2v) is 7.39. The van der Waals surface area contributed by atoms with Crippen LogP contribution < -0.4 is 11.1 Å². The number of carbonyl (C=O) groups is 1. The van der Waals surface area contributed by atoms with Crippen LogP contribution in [0.15, 0.2) is 18.2 Å². The third kappa shape index (κ3) is 5.11. The summed E-state index contributed by atoms with van der Waals surface area (Å²) in [5.74, 6) is -0.255. The van der Waals surface area contributed by atoms with Crippen LogP contribution >= 0.6 is 0 Å². The van der Waals surface area contributed by atoms with E-state index < -0.39 is 5.41 Å². The van der Waals surface area contributed by atoms with Crippen LogP contribution in [0.3, 0.4) is 0 Å². The average Bonchev–Trinajstić information content (AvgIpc) is 3.02. The predicted octanol–water partition coefficient (Wildman–Crippen LogP) is 2.85. The minimum Gasteiger partial charge on any atom is -0.397 e. The summed E-state index contributed by atoms with van der Waals surface area (Å²) in [6.45, 7) is 8.46. The molecule has 0 unspecified atom stereocenters. The van der Waals surface area contributed by atoms with E-state index >= 15 is 0 Å². The Hall–Kier alpha value is -2.38. The van der Waals surface area contributed by atoms with Crippen LogP contribution in [-0.2, 0) is 23.2 Å². The molecule has 0 fully saturated rings. The highest BCUT2D eigenvalue weighted by molar-refractivity contribution is 5.73. The van der Waals surface area contributed by atoms with E-state index in [0.717, 1.165) is 35.3 Å². The Kier molecular flexibility index (Phi) is 8.65. The molecule has 0 amide bonds. The third-order valence-corrected chi connectivity index (χ3v) is 4.74. The van der Waals surface area contributed by atoms with Crippen molar-refractivity contribution in [2.24, 2.45) is 12.5 Å². The molecular weight excluding hydrogens is 356 g/mol. The van der Waals surface area contributed by atoms with Gasteiger partial charge in [0.15, 0.2) is 0 Å². The van der Waals surface area contributed by atoms with Crippen LogP contribution in [0.25, 0.3) is 0 Å². The number of carbonyl (C=O) groups excluding carboxylic acids is 1. The van der Waals surface area contributed by atoms with E-state index in [0.29, 0.717) is 11.4 Å². The van der Waals surface area contributed by atoms with Crippen molar-refractivity contribution in [3.05, 3.63) is 40.7 Å². The van der Waals surface area contributed by atoms with E-state index in [2.05, 4.69) is 15.2 Å². The lowest BCUT2D eigenvalue weighted by Gasteiger charge is -2.30. The van der Waals surface area contributed by atoms with Gasteiger partial charge in [-0.05, 0) is 37.1 Å². The van der Waals surface area contributed by atoms with Gasteiger partial charge >= 0.3 is 0 Å². The van der Waals surface area contributed by atoms with Gasteiger partial charge in [0.25, 0.3) is 0 Å². The molecule has 0 aliphatic heterocycles. The molecule has 7 heteroatoms. The van der Waals surface area contributed by atoms with Gasteiger partial charge in [0.2, 0.25) is 0 Å². The lowest BCUT2D eigenvalue weighted by atomic mass is 9.72. The molecule has 1 aromatic heterocycles. The van der Waals surface area contributed by atoms with Crippen LogP contribution in [0, 0.1) is 12.3 Å². The summed E-state index contributed by atoms with van der Waals surface area (Å²) in [5, 5.41) is 17.3. The second kappa shape index (κ2) is 10.2. The van der Waals surface area contributed by atoms with Gasteiger partial charge in [0.05, 0.1) is 29.4 Å². The topological polar surface area (TPSA) is 102 Å². The van der Waals surface area contributed by atoms with Gasteiger partial charge in [0.1, 0.15) is 6.29 Å².